The van der Waals surface area contributed by atoms with Gasteiger partial charge >= 0.3 is 0 Å². The van der Waals surface area contributed by atoms with Crippen LogP contribution in [0.2, 0.25) is 0 Å². The molecule has 0 bridgehead atoms. The van der Waals surface area contributed by atoms with Crippen LogP contribution in [-0.4, -0.2) is 31.2 Å². The van der Waals surface area contributed by atoms with Gasteiger partial charge < -0.3 is 9.29 Å². The van der Waals surface area contributed by atoms with Gasteiger partial charge in [0.15, 0.2) is 0 Å². The van der Waals surface area contributed by atoms with E-state index in [1.807, 2.05) is 31.2 Å². The molecule has 0 fully saturated rings. The van der Waals surface area contributed by atoms with Crippen LogP contribution in [0.1, 0.15) is 20.8 Å². The van der Waals surface area contributed by atoms with E-state index in [1.165, 1.54) is 12.4 Å². The molecule has 0 saturated heterocycles. The average Bonchev–Trinajstić information content (AvgIpc) is 2.59. The fourth-order valence-corrected chi connectivity index (χ4v) is 2.90. The lowest BCUT2D eigenvalue weighted by Gasteiger charge is -2.06. The summed E-state index contributed by atoms with van der Waals surface area (Å²) >= 11 is 0. The first-order chi connectivity index (χ1) is 12.4. The number of hydrogen-bond acceptors (Lipinski definition) is 6. The molecule has 0 aliphatic rings. The minimum Gasteiger partial charge on any atom is -0.726 e. The van der Waals surface area contributed by atoms with Crippen LogP contribution in [0.4, 0.5) is 0 Å². The average molecular weight is 378 g/mol. The summed E-state index contributed by atoms with van der Waals surface area (Å²) < 4.78 is 39.8. The number of fused-ring (bicyclic) bond motifs is 2. The summed E-state index contributed by atoms with van der Waals surface area (Å²) in [5.41, 5.74) is 4.31. The molecule has 1 aromatic heterocycles. The van der Waals surface area contributed by atoms with Crippen LogP contribution < -0.4 is 9.30 Å². The van der Waals surface area contributed by atoms with Gasteiger partial charge in [0.05, 0.1) is 13.2 Å². The van der Waals surface area contributed by atoms with E-state index in [0.717, 1.165) is 28.8 Å². The molecule has 0 amide bonds. The molecule has 1 heterocycles. The molecule has 8 heteroatoms. The molecular weight excluding hydrogens is 356 g/mol. The van der Waals surface area contributed by atoms with Crippen molar-refractivity contribution >= 4 is 32.5 Å². The number of hydrogen-bond donors (Lipinski definition) is 0. The zero-order valence-electron chi connectivity index (χ0n) is 15.0. The Morgan fingerprint density at radius 1 is 1.00 bits per heavy atom. The van der Waals surface area contributed by atoms with Gasteiger partial charge in [0, 0.05) is 18.2 Å². The fraction of sp³-hybridized carbons (Fsp3) is 0.333. The maximum absolute atomic E-state index is 9.45. The van der Waals surface area contributed by atoms with Crippen molar-refractivity contribution in [1.82, 2.24) is 4.98 Å². The van der Waals surface area contributed by atoms with Crippen LogP contribution in [0.15, 0.2) is 42.5 Å². The molecule has 0 atom stereocenters. The summed E-state index contributed by atoms with van der Waals surface area (Å²) in [6.45, 7) is 7.08. The maximum atomic E-state index is 9.45. The number of benzene rings is 2. The Bertz CT molecular complexity index is 989. The summed E-state index contributed by atoms with van der Waals surface area (Å²) in [6, 6.07) is 14.3. The molecule has 26 heavy (non-hydrogen) atoms. The van der Waals surface area contributed by atoms with Gasteiger partial charge in [0.25, 0.3) is 0 Å². The minimum absolute atomic E-state index is 0.0914. The number of ether oxygens (including phenoxy) is 1. The highest BCUT2D eigenvalue weighted by atomic mass is 32.3. The molecule has 3 aromatic rings. The largest absolute Gasteiger partial charge is 0.726 e. The molecule has 3 rings (SSSR count). The fourth-order valence-electron chi connectivity index (χ4n) is 2.61. The van der Waals surface area contributed by atoms with Gasteiger partial charge in [-0.05, 0) is 32.9 Å². The first kappa shape index (κ1) is 20.0. The van der Waals surface area contributed by atoms with Crippen molar-refractivity contribution in [2.45, 2.75) is 27.3 Å². The Hall–Kier alpha value is -2.29. The molecule has 0 aliphatic carbocycles. The van der Waals surface area contributed by atoms with Crippen molar-refractivity contribution in [2.24, 2.45) is 0 Å². The van der Waals surface area contributed by atoms with Crippen LogP contribution in [0.25, 0.3) is 22.1 Å². The third-order valence-corrected chi connectivity index (χ3v) is 4.06. The Balaban J connectivity index is 0.000000298. The number of nitrogens with zero attached hydrogens (tertiary/aromatic N) is 2. The highest BCUT2D eigenvalue weighted by Crippen LogP contribution is 2.20. The first-order valence-corrected chi connectivity index (χ1v) is 9.68. The third-order valence-electron chi connectivity index (χ3n) is 3.54. The number of aromatic nitrogens is 2. The van der Waals surface area contributed by atoms with Gasteiger partial charge in [-0.3, -0.25) is 4.18 Å². The zero-order valence-corrected chi connectivity index (χ0v) is 15.8. The van der Waals surface area contributed by atoms with E-state index in [9.17, 15) is 13.0 Å². The van der Waals surface area contributed by atoms with E-state index in [2.05, 4.69) is 33.9 Å². The molecule has 0 N–H and O–H groups in total. The van der Waals surface area contributed by atoms with E-state index in [4.69, 9.17) is 9.72 Å². The van der Waals surface area contributed by atoms with E-state index < -0.39 is 10.4 Å². The smallest absolute Gasteiger partial charge is 0.231 e. The van der Waals surface area contributed by atoms with Crippen molar-refractivity contribution in [3.05, 3.63) is 42.5 Å². The summed E-state index contributed by atoms with van der Waals surface area (Å²) in [6.07, 6.45) is 0. The number of rotatable bonds is 5. The zero-order chi connectivity index (χ0) is 19.2. The van der Waals surface area contributed by atoms with Gasteiger partial charge in [0.2, 0.25) is 21.4 Å². The molecular formula is C18H22N2O5S. The molecule has 7 nitrogen and oxygen atoms in total. The molecule has 140 valence electrons. The quantitative estimate of drug-likeness (QED) is 0.293. The molecule has 2 aromatic carbocycles. The third kappa shape index (κ3) is 5.10. The van der Waals surface area contributed by atoms with Gasteiger partial charge in [0.1, 0.15) is 23.3 Å². The highest BCUT2D eigenvalue weighted by molar-refractivity contribution is 7.80. The Morgan fingerprint density at radius 3 is 2.27 bits per heavy atom. The van der Waals surface area contributed by atoms with Gasteiger partial charge in [-0.2, -0.15) is 4.57 Å². The van der Waals surface area contributed by atoms with E-state index in [1.54, 1.807) is 0 Å². The van der Waals surface area contributed by atoms with Crippen LogP contribution in [0, 0.1) is 0 Å². The van der Waals surface area contributed by atoms with Crippen molar-refractivity contribution in [3.8, 4) is 5.75 Å². The van der Waals surface area contributed by atoms with Crippen molar-refractivity contribution in [3.63, 3.8) is 0 Å². The molecule has 0 radical (unpaired) electrons. The maximum Gasteiger partial charge on any atom is 0.231 e. The van der Waals surface area contributed by atoms with E-state index in [0.29, 0.717) is 6.61 Å². The topological polar surface area (TPSA) is 92.4 Å². The summed E-state index contributed by atoms with van der Waals surface area (Å²) in [4.78, 5) is 4.73. The summed E-state index contributed by atoms with van der Waals surface area (Å²) in [5, 5.41) is 0. The minimum atomic E-state index is -4.42. The Kier molecular flexibility index (Phi) is 6.84. The number of para-hydroxylation sites is 2. The van der Waals surface area contributed by atoms with Gasteiger partial charge in [-0.15, -0.1) is 0 Å². The second-order valence-corrected chi connectivity index (χ2v) is 6.30. The lowest BCUT2D eigenvalue weighted by atomic mass is 10.2. The number of aryl methyl sites for hydroxylation is 1. The second-order valence-electron chi connectivity index (χ2n) is 5.24. The van der Waals surface area contributed by atoms with Gasteiger partial charge in [-0.25, -0.2) is 13.4 Å². The molecule has 0 unspecified atom stereocenters. The van der Waals surface area contributed by atoms with Crippen molar-refractivity contribution in [1.29, 1.82) is 0 Å². The Labute approximate surface area is 153 Å². The summed E-state index contributed by atoms with van der Waals surface area (Å²) in [5.74, 6) is 0.875. The van der Waals surface area contributed by atoms with Crippen molar-refractivity contribution < 1.29 is 26.5 Å². The normalized spacial score (nSPS) is 11.2. The highest BCUT2D eigenvalue weighted by Gasteiger charge is 2.14. The van der Waals surface area contributed by atoms with Crippen LogP contribution in [0.5, 0.6) is 5.75 Å². The molecule has 0 aliphatic heterocycles. The van der Waals surface area contributed by atoms with Crippen LogP contribution in [0.3, 0.4) is 0 Å². The molecule has 0 spiro atoms. The lowest BCUT2D eigenvalue weighted by Crippen LogP contribution is -2.34. The molecule has 0 saturated carbocycles. The monoisotopic (exact) mass is 378 g/mol. The van der Waals surface area contributed by atoms with E-state index in [-0.39, 0.29) is 6.61 Å². The first-order valence-electron chi connectivity index (χ1n) is 8.35. The summed E-state index contributed by atoms with van der Waals surface area (Å²) in [7, 11) is -4.42. The predicted molar refractivity (Wildman–Crippen MR) is 97.6 cm³/mol. The predicted octanol–water partition coefficient (Wildman–Crippen LogP) is 2.58. The second kappa shape index (κ2) is 8.88. The van der Waals surface area contributed by atoms with E-state index >= 15 is 0 Å². The SMILES string of the molecule is CCOS(=O)(=O)[O-].CCOc1ccc2c(c1)nc1ccccc1[n+]2CC. The van der Waals surface area contributed by atoms with Gasteiger partial charge in [-0.1, -0.05) is 12.1 Å². The van der Waals surface area contributed by atoms with Crippen LogP contribution >= 0.6 is 0 Å². The van der Waals surface area contributed by atoms with Crippen molar-refractivity contribution in [2.75, 3.05) is 13.2 Å². The van der Waals surface area contributed by atoms with Crippen LogP contribution in [-0.2, 0) is 21.1 Å². The lowest BCUT2D eigenvalue weighted by molar-refractivity contribution is -0.641. The Morgan fingerprint density at radius 2 is 1.69 bits per heavy atom. The standard InChI is InChI=1S/C16H17N2O.C2H6O4S/c1-3-18-15-8-6-5-7-13(15)17-14-11-12(19-4-2)9-10-16(14)18;1-2-6-7(3,4)5/h5-11H,3-4H2,1-2H3;2H2,1H3,(H,3,4,5)/q+1;/p-1.